The van der Waals surface area contributed by atoms with Gasteiger partial charge in [-0.15, -0.1) is 0 Å². The molecule has 1 aliphatic heterocycles. The van der Waals surface area contributed by atoms with Crippen molar-refractivity contribution in [2.24, 2.45) is 0 Å². The second-order valence-electron chi connectivity index (χ2n) is 8.12. The molecule has 160 valence electrons. The molecular weight excluding hydrogens is 388 g/mol. The molecular formula is C26H28N2O3. The molecule has 0 saturated carbocycles. The summed E-state index contributed by atoms with van der Waals surface area (Å²) in [6.07, 6.45) is 1.18. The monoisotopic (exact) mass is 416 g/mol. The highest BCUT2D eigenvalue weighted by molar-refractivity contribution is 5.95. The van der Waals surface area contributed by atoms with Gasteiger partial charge in [0.1, 0.15) is 11.5 Å². The fraction of sp³-hybridized carbons (Fsp3) is 0.308. The Morgan fingerprint density at radius 3 is 2.42 bits per heavy atom. The molecule has 1 aromatic heterocycles. The predicted octanol–water partition coefficient (Wildman–Crippen LogP) is 4.51. The molecule has 2 heterocycles. The van der Waals surface area contributed by atoms with Crippen LogP contribution in [0.3, 0.4) is 0 Å². The third-order valence-electron chi connectivity index (χ3n) is 5.85. The molecule has 0 fully saturated rings. The standard InChI is InChI=1S/C26H28N2O3/c1-19-16-24(20(2)31-19)26(30)28(17-21-8-4-3-5-9-21)15-13-25(29)27-14-12-22-10-6-7-11-23(22)18-27/h3-11,16H,12-15,17-18H2,1-2H3. The second kappa shape index (κ2) is 9.21. The third kappa shape index (κ3) is 4.88. The summed E-state index contributed by atoms with van der Waals surface area (Å²) in [4.78, 5) is 29.9. The molecule has 0 bridgehead atoms. The topological polar surface area (TPSA) is 53.8 Å². The smallest absolute Gasteiger partial charge is 0.257 e. The zero-order valence-electron chi connectivity index (χ0n) is 18.1. The van der Waals surface area contributed by atoms with E-state index in [4.69, 9.17) is 4.42 Å². The van der Waals surface area contributed by atoms with Crippen molar-refractivity contribution >= 4 is 11.8 Å². The number of hydrogen-bond donors (Lipinski definition) is 0. The number of hydrogen-bond acceptors (Lipinski definition) is 3. The van der Waals surface area contributed by atoms with Gasteiger partial charge in [0, 0.05) is 32.6 Å². The minimum absolute atomic E-state index is 0.0838. The number of furan rings is 1. The summed E-state index contributed by atoms with van der Waals surface area (Å²) in [6.45, 7) is 5.83. The molecule has 2 aromatic carbocycles. The highest BCUT2D eigenvalue weighted by atomic mass is 16.3. The number of carbonyl (C=O) groups excluding carboxylic acids is 2. The lowest BCUT2D eigenvalue weighted by atomic mass is 10.00. The van der Waals surface area contributed by atoms with Crippen LogP contribution in [0.4, 0.5) is 0 Å². The Kier molecular flexibility index (Phi) is 6.21. The Labute approximate surface area is 183 Å². The van der Waals surface area contributed by atoms with Crippen LogP contribution in [0.1, 0.15) is 45.0 Å². The molecule has 0 unspecified atom stereocenters. The number of rotatable bonds is 6. The van der Waals surface area contributed by atoms with E-state index in [0.717, 1.165) is 18.5 Å². The van der Waals surface area contributed by atoms with Crippen LogP contribution in [-0.4, -0.2) is 34.7 Å². The summed E-state index contributed by atoms with van der Waals surface area (Å²) in [7, 11) is 0. The van der Waals surface area contributed by atoms with E-state index in [2.05, 4.69) is 12.1 Å². The maximum atomic E-state index is 13.3. The molecule has 3 aromatic rings. The molecule has 0 atom stereocenters. The van der Waals surface area contributed by atoms with Gasteiger partial charge in [-0.1, -0.05) is 54.6 Å². The molecule has 1 aliphatic rings. The van der Waals surface area contributed by atoms with Crippen LogP contribution in [0.5, 0.6) is 0 Å². The quantitative estimate of drug-likeness (QED) is 0.594. The van der Waals surface area contributed by atoms with Crippen molar-refractivity contribution in [1.29, 1.82) is 0 Å². The number of amides is 2. The fourth-order valence-corrected chi connectivity index (χ4v) is 4.17. The Bertz CT molecular complexity index is 1070. The van der Waals surface area contributed by atoms with E-state index < -0.39 is 0 Å². The van der Waals surface area contributed by atoms with E-state index in [1.165, 1.54) is 11.1 Å². The van der Waals surface area contributed by atoms with Crippen molar-refractivity contribution < 1.29 is 14.0 Å². The zero-order valence-corrected chi connectivity index (χ0v) is 18.1. The van der Waals surface area contributed by atoms with Gasteiger partial charge in [-0.3, -0.25) is 9.59 Å². The number of benzene rings is 2. The molecule has 0 aliphatic carbocycles. The van der Waals surface area contributed by atoms with E-state index in [-0.39, 0.29) is 11.8 Å². The Morgan fingerprint density at radius 2 is 1.71 bits per heavy atom. The van der Waals surface area contributed by atoms with Crippen LogP contribution in [0.2, 0.25) is 0 Å². The molecule has 31 heavy (non-hydrogen) atoms. The van der Waals surface area contributed by atoms with Gasteiger partial charge in [0.2, 0.25) is 5.91 Å². The lowest BCUT2D eigenvalue weighted by molar-refractivity contribution is -0.132. The van der Waals surface area contributed by atoms with E-state index in [1.54, 1.807) is 17.9 Å². The SMILES string of the molecule is Cc1cc(C(=O)N(CCC(=O)N2CCc3ccccc3C2)Cc2ccccc2)c(C)o1. The van der Waals surface area contributed by atoms with Crippen LogP contribution >= 0.6 is 0 Å². The van der Waals surface area contributed by atoms with Gasteiger partial charge in [0.05, 0.1) is 5.56 Å². The lowest BCUT2D eigenvalue weighted by Crippen LogP contribution is -2.39. The largest absolute Gasteiger partial charge is 0.466 e. The third-order valence-corrected chi connectivity index (χ3v) is 5.85. The van der Waals surface area contributed by atoms with Crippen molar-refractivity contribution in [2.45, 2.75) is 39.8 Å². The number of aryl methyl sites for hydroxylation is 2. The average molecular weight is 417 g/mol. The normalized spacial score (nSPS) is 13.0. The summed E-state index contributed by atoms with van der Waals surface area (Å²) in [5.41, 5.74) is 4.13. The minimum Gasteiger partial charge on any atom is -0.466 e. The molecule has 5 heteroatoms. The van der Waals surface area contributed by atoms with Crippen LogP contribution < -0.4 is 0 Å². The van der Waals surface area contributed by atoms with E-state index in [9.17, 15) is 9.59 Å². The van der Waals surface area contributed by atoms with Gasteiger partial charge in [-0.2, -0.15) is 0 Å². The van der Waals surface area contributed by atoms with E-state index >= 15 is 0 Å². The molecule has 0 radical (unpaired) electrons. The zero-order chi connectivity index (χ0) is 21.8. The van der Waals surface area contributed by atoms with Crippen LogP contribution in [0.15, 0.2) is 65.1 Å². The first-order valence-electron chi connectivity index (χ1n) is 10.8. The number of carbonyl (C=O) groups is 2. The van der Waals surface area contributed by atoms with Crippen molar-refractivity contribution in [3.8, 4) is 0 Å². The van der Waals surface area contributed by atoms with Crippen molar-refractivity contribution in [3.63, 3.8) is 0 Å². The minimum atomic E-state index is -0.102. The molecule has 0 spiro atoms. The van der Waals surface area contributed by atoms with E-state index in [0.29, 0.717) is 43.1 Å². The Balaban J connectivity index is 1.46. The highest BCUT2D eigenvalue weighted by Gasteiger charge is 2.24. The van der Waals surface area contributed by atoms with Crippen molar-refractivity contribution in [1.82, 2.24) is 9.80 Å². The van der Waals surface area contributed by atoms with Gasteiger partial charge < -0.3 is 14.2 Å². The summed E-state index contributed by atoms with van der Waals surface area (Å²) in [5.74, 6) is 1.30. The fourth-order valence-electron chi connectivity index (χ4n) is 4.17. The molecule has 5 nitrogen and oxygen atoms in total. The van der Waals surface area contributed by atoms with Crippen LogP contribution in [0.25, 0.3) is 0 Å². The highest BCUT2D eigenvalue weighted by Crippen LogP contribution is 2.21. The van der Waals surface area contributed by atoms with Crippen LogP contribution in [0, 0.1) is 13.8 Å². The van der Waals surface area contributed by atoms with Gasteiger partial charge >= 0.3 is 0 Å². The molecule has 0 N–H and O–H groups in total. The Morgan fingerprint density at radius 1 is 1.00 bits per heavy atom. The summed E-state index contributed by atoms with van der Waals surface area (Å²) in [6, 6.07) is 19.9. The van der Waals surface area contributed by atoms with Gasteiger partial charge in [-0.05, 0) is 43.0 Å². The predicted molar refractivity (Wildman–Crippen MR) is 120 cm³/mol. The Hall–Kier alpha value is -3.34. The van der Waals surface area contributed by atoms with E-state index in [1.807, 2.05) is 54.3 Å². The summed E-state index contributed by atoms with van der Waals surface area (Å²) >= 11 is 0. The lowest BCUT2D eigenvalue weighted by Gasteiger charge is -2.30. The van der Waals surface area contributed by atoms with Gasteiger partial charge in [0.25, 0.3) is 5.91 Å². The van der Waals surface area contributed by atoms with Crippen molar-refractivity contribution in [2.75, 3.05) is 13.1 Å². The first-order chi connectivity index (χ1) is 15.0. The molecule has 2 amide bonds. The molecule has 0 saturated heterocycles. The summed E-state index contributed by atoms with van der Waals surface area (Å²) in [5, 5.41) is 0. The molecule has 4 rings (SSSR count). The van der Waals surface area contributed by atoms with Gasteiger partial charge in [0.15, 0.2) is 0 Å². The van der Waals surface area contributed by atoms with Gasteiger partial charge in [-0.25, -0.2) is 0 Å². The number of nitrogens with zero attached hydrogens (tertiary/aromatic N) is 2. The first kappa shape index (κ1) is 20.9. The first-order valence-corrected chi connectivity index (χ1v) is 10.8. The maximum Gasteiger partial charge on any atom is 0.257 e. The maximum absolute atomic E-state index is 13.3. The average Bonchev–Trinajstić information content (AvgIpc) is 3.14. The number of fused-ring (bicyclic) bond motifs is 1. The van der Waals surface area contributed by atoms with Crippen molar-refractivity contribution in [3.05, 3.63) is 94.4 Å². The summed E-state index contributed by atoms with van der Waals surface area (Å²) < 4.78 is 5.57. The second-order valence-corrected chi connectivity index (χ2v) is 8.12. The van der Waals surface area contributed by atoms with Crippen LogP contribution in [-0.2, 0) is 24.3 Å².